The lowest BCUT2D eigenvalue weighted by atomic mass is 10.1. The molecule has 0 bridgehead atoms. The third-order valence-corrected chi connectivity index (χ3v) is 4.45. The van der Waals surface area contributed by atoms with Gasteiger partial charge in [-0.05, 0) is 31.9 Å². The van der Waals surface area contributed by atoms with E-state index in [4.69, 9.17) is 0 Å². The van der Waals surface area contributed by atoms with Gasteiger partial charge in [-0.1, -0.05) is 30.3 Å². The normalized spacial score (nSPS) is 13.8. The van der Waals surface area contributed by atoms with E-state index < -0.39 is 0 Å². The van der Waals surface area contributed by atoms with Crippen LogP contribution in [0.5, 0.6) is 0 Å². The fourth-order valence-electron chi connectivity index (χ4n) is 2.74. The molecular formula is C19H25N5. The maximum atomic E-state index is 4.50. The van der Waals surface area contributed by atoms with Crippen LogP contribution in [-0.4, -0.2) is 25.4 Å². The van der Waals surface area contributed by atoms with Crippen LogP contribution in [0, 0.1) is 6.92 Å². The Morgan fingerprint density at radius 1 is 1.17 bits per heavy atom. The minimum Gasteiger partial charge on any atom is -0.329 e. The van der Waals surface area contributed by atoms with Gasteiger partial charge in [-0.2, -0.15) is 5.10 Å². The van der Waals surface area contributed by atoms with E-state index in [0.717, 1.165) is 18.9 Å². The molecule has 2 atom stereocenters. The van der Waals surface area contributed by atoms with Crippen molar-refractivity contribution in [3.05, 3.63) is 72.1 Å². The van der Waals surface area contributed by atoms with Gasteiger partial charge in [0, 0.05) is 31.2 Å². The average Bonchev–Trinajstić information content (AvgIpc) is 3.22. The van der Waals surface area contributed by atoms with Crippen molar-refractivity contribution in [3.63, 3.8) is 0 Å². The topological polar surface area (TPSA) is 47.7 Å². The molecule has 0 aliphatic carbocycles. The van der Waals surface area contributed by atoms with Gasteiger partial charge in [0.2, 0.25) is 0 Å². The first kappa shape index (κ1) is 16.5. The second-order valence-electron chi connectivity index (χ2n) is 6.36. The summed E-state index contributed by atoms with van der Waals surface area (Å²) in [7, 11) is 0. The number of rotatable bonds is 7. The second-order valence-corrected chi connectivity index (χ2v) is 6.36. The van der Waals surface area contributed by atoms with Crippen molar-refractivity contribution in [2.24, 2.45) is 0 Å². The quantitative estimate of drug-likeness (QED) is 0.726. The van der Waals surface area contributed by atoms with Crippen molar-refractivity contribution in [1.29, 1.82) is 0 Å². The zero-order valence-electron chi connectivity index (χ0n) is 14.6. The standard InChI is InChI=1S/C19H25N5/c1-15-11-22-24(13-15)17(3)16(2)21-12-19-20-9-10-23(19)14-18-7-5-4-6-8-18/h4-11,13,16-17,21H,12,14H2,1-3H3/t16-,17+/m1/s1. The summed E-state index contributed by atoms with van der Waals surface area (Å²) < 4.78 is 4.21. The molecule has 1 N–H and O–H groups in total. The number of nitrogens with zero attached hydrogens (tertiary/aromatic N) is 4. The molecule has 0 aliphatic rings. The maximum absolute atomic E-state index is 4.50. The molecule has 24 heavy (non-hydrogen) atoms. The van der Waals surface area contributed by atoms with Gasteiger partial charge >= 0.3 is 0 Å². The third kappa shape index (κ3) is 3.92. The highest BCUT2D eigenvalue weighted by Gasteiger charge is 2.15. The SMILES string of the molecule is Cc1cnn([C@@H](C)[C@@H](C)NCc2nccn2Cc2ccccc2)c1. The van der Waals surface area contributed by atoms with Gasteiger partial charge < -0.3 is 9.88 Å². The number of nitrogens with one attached hydrogen (secondary N) is 1. The fourth-order valence-corrected chi connectivity index (χ4v) is 2.74. The van der Waals surface area contributed by atoms with E-state index >= 15 is 0 Å². The van der Waals surface area contributed by atoms with Crippen molar-refractivity contribution in [1.82, 2.24) is 24.6 Å². The third-order valence-electron chi connectivity index (χ3n) is 4.45. The molecule has 126 valence electrons. The Labute approximate surface area is 143 Å². The van der Waals surface area contributed by atoms with Gasteiger partial charge in [-0.3, -0.25) is 4.68 Å². The smallest absolute Gasteiger partial charge is 0.122 e. The molecule has 3 rings (SSSR count). The Morgan fingerprint density at radius 3 is 2.67 bits per heavy atom. The predicted octanol–water partition coefficient (Wildman–Crippen LogP) is 3.18. The van der Waals surface area contributed by atoms with Gasteiger partial charge in [0.25, 0.3) is 0 Å². The summed E-state index contributed by atoms with van der Waals surface area (Å²) in [5.74, 6) is 1.05. The van der Waals surface area contributed by atoms with Crippen LogP contribution in [0.4, 0.5) is 0 Å². The van der Waals surface area contributed by atoms with Gasteiger partial charge in [0.05, 0.1) is 18.8 Å². The van der Waals surface area contributed by atoms with E-state index in [-0.39, 0.29) is 6.04 Å². The van der Waals surface area contributed by atoms with Crippen LogP contribution < -0.4 is 5.32 Å². The highest BCUT2D eigenvalue weighted by molar-refractivity contribution is 5.15. The van der Waals surface area contributed by atoms with E-state index in [1.54, 1.807) is 0 Å². The number of hydrogen-bond acceptors (Lipinski definition) is 3. The second kappa shape index (κ2) is 7.45. The van der Waals surface area contributed by atoms with Crippen LogP contribution in [0.15, 0.2) is 55.1 Å². The lowest BCUT2D eigenvalue weighted by Crippen LogP contribution is -2.34. The van der Waals surface area contributed by atoms with Gasteiger partial charge in [0.1, 0.15) is 5.82 Å². The van der Waals surface area contributed by atoms with Crippen molar-refractivity contribution >= 4 is 0 Å². The van der Waals surface area contributed by atoms with E-state index in [2.05, 4.69) is 71.2 Å². The molecule has 2 heterocycles. The van der Waals surface area contributed by atoms with Crippen LogP contribution in [0.1, 0.15) is 36.8 Å². The first-order valence-electron chi connectivity index (χ1n) is 8.41. The van der Waals surface area contributed by atoms with Crippen LogP contribution in [-0.2, 0) is 13.1 Å². The summed E-state index contributed by atoms with van der Waals surface area (Å²) >= 11 is 0. The molecule has 0 saturated heterocycles. The van der Waals surface area contributed by atoms with E-state index in [1.165, 1.54) is 11.1 Å². The first-order chi connectivity index (χ1) is 11.6. The Bertz CT molecular complexity index is 759. The summed E-state index contributed by atoms with van der Waals surface area (Å²) in [6.45, 7) is 8.02. The number of imidazole rings is 1. The number of aryl methyl sites for hydroxylation is 1. The van der Waals surface area contributed by atoms with Crippen LogP contribution in [0.2, 0.25) is 0 Å². The molecule has 5 heteroatoms. The monoisotopic (exact) mass is 323 g/mol. The maximum Gasteiger partial charge on any atom is 0.122 e. The lowest BCUT2D eigenvalue weighted by molar-refractivity contribution is 0.360. The molecule has 0 radical (unpaired) electrons. The lowest BCUT2D eigenvalue weighted by Gasteiger charge is -2.22. The largest absolute Gasteiger partial charge is 0.329 e. The van der Waals surface area contributed by atoms with Gasteiger partial charge in [-0.25, -0.2) is 4.98 Å². The molecule has 0 unspecified atom stereocenters. The van der Waals surface area contributed by atoms with E-state index in [0.29, 0.717) is 6.04 Å². The first-order valence-corrected chi connectivity index (χ1v) is 8.41. The van der Waals surface area contributed by atoms with E-state index in [1.807, 2.05) is 29.3 Å². The van der Waals surface area contributed by atoms with Crippen molar-refractivity contribution in [2.45, 2.75) is 45.9 Å². The van der Waals surface area contributed by atoms with Gasteiger partial charge in [0.15, 0.2) is 0 Å². The minimum atomic E-state index is 0.288. The summed E-state index contributed by atoms with van der Waals surface area (Å²) in [4.78, 5) is 4.50. The predicted molar refractivity (Wildman–Crippen MR) is 95.7 cm³/mol. The van der Waals surface area contributed by atoms with Crippen LogP contribution >= 0.6 is 0 Å². The Kier molecular flexibility index (Phi) is 5.11. The zero-order chi connectivity index (χ0) is 16.9. The molecule has 0 saturated carbocycles. The number of benzene rings is 1. The molecule has 0 fully saturated rings. The summed E-state index contributed by atoms with van der Waals surface area (Å²) in [5, 5.41) is 7.99. The Morgan fingerprint density at radius 2 is 1.96 bits per heavy atom. The summed E-state index contributed by atoms with van der Waals surface area (Å²) in [6.07, 6.45) is 7.88. The van der Waals surface area contributed by atoms with E-state index in [9.17, 15) is 0 Å². The summed E-state index contributed by atoms with van der Waals surface area (Å²) in [6, 6.07) is 11.0. The number of aromatic nitrogens is 4. The highest BCUT2D eigenvalue weighted by Crippen LogP contribution is 2.12. The zero-order valence-corrected chi connectivity index (χ0v) is 14.6. The Balaban J connectivity index is 1.60. The highest BCUT2D eigenvalue weighted by atomic mass is 15.3. The van der Waals surface area contributed by atoms with Crippen LogP contribution in [0.3, 0.4) is 0 Å². The van der Waals surface area contributed by atoms with Crippen molar-refractivity contribution < 1.29 is 0 Å². The minimum absolute atomic E-state index is 0.288. The average molecular weight is 323 g/mol. The molecular weight excluding hydrogens is 298 g/mol. The molecule has 1 aromatic carbocycles. The summed E-state index contributed by atoms with van der Waals surface area (Å²) in [5.41, 5.74) is 2.47. The molecule has 5 nitrogen and oxygen atoms in total. The fraction of sp³-hybridized carbons (Fsp3) is 0.368. The van der Waals surface area contributed by atoms with Crippen LogP contribution in [0.25, 0.3) is 0 Å². The molecule has 0 aliphatic heterocycles. The van der Waals surface area contributed by atoms with Crippen molar-refractivity contribution in [3.8, 4) is 0 Å². The molecule has 0 amide bonds. The van der Waals surface area contributed by atoms with Crippen molar-refractivity contribution in [2.75, 3.05) is 0 Å². The molecule has 3 aromatic rings. The Hall–Kier alpha value is -2.40. The number of hydrogen-bond donors (Lipinski definition) is 1. The molecule has 2 aromatic heterocycles. The molecule has 0 spiro atoms. The van der Waals surface area contributed by atoms with Gasteiger partial charge in [-0.15, -0.1) is 0 Å².